The van der Waals surface area contributed by atoms with Gasteiger partial charge in [0.25, 0.3) is 0 Å². The van der Waals surface area contributed by atoms with Crippen molar-refractivity contribution in [2.24, 2.45) is 0 Å². The van der Waals surface area contributed by atoms with Crippen LogP contribution in [0.4, 0.5) is 4.39 Å². The minimum atomic E-state index is -1.10. The molecule has 0 fully saturated rings. The molecule has 0 aliphatic heterocycles. The SMILES string of the molecule is CC(O)(Cc1sccc1Br)c1ccc(F)cn1. The molecule has 0 aliphatic rings. The molecule has 0 aliphatic carbocycles. The molecule has 5 heteroatoms. The molecular formula is C12H11BrFNOS. The zero-order valence-electron chi connectivity index (χ0n) is 9.15. The zero-order chi connectivity index (χ0) is 12.5. The smallest absolute Gasteiger partial charge is 0.141 e. The molecule has 0 saturated heterocycles. The molecule has 2 aromatic heterocycles. The molecule has 2 heterocycles. The summed E-state index contributed by atoms with van der Waals surface area (Å²) in [4.78, 5) is 4.97. The van der Waals surface area contributed by atoms with Crippen molar-refractivity contribution in [1.82, 2.24) is 4.98 Å². The maximum absolute atomic E-state index is 12.8. The molecule has 1 unspecified atom stereocenters. The van der Waals surface area contributed by atoms with Crippen LogP contribution in [0.1, 0.15) is 17.5 Å². The number of nitrogens with zero attached hydrogens (tertiary/aromatic N) is 1. The van der Waals surface area contributed by atoms with Crippen molar-refractivity contribution in [1.29, 1.82) is 0 Å². The number of thiophene rings is 1. The van der Waals surface area contributed by atoms with Gasteiger partial charge in [0, 0.05) is 15.8 Å². The van der Waals surface area contributed by atoms with E-state index >= 15 is 0 Å². The van der Waals surface area contributed by atoms with E-state index in [1.165, 1.54) is 12.1 Å². The van der Waals surface area contributed by atoms with Gasteiger partial charge in [-0.15, -0.1) is 11.3 Å². The van der Waals surface area contributed by atoms with Crippen molar-refractivity contribution in [3.05, 3.63) is 50.6 Å². The fourth-order valence-corrected chi connectivity index (χ4v) is 3.19. The summed E-state index contributed by atoms with van der Waals surface area (Å²) < 4.78 is 13.7. The summed E-state index contributed by atoms with van der Waals surface area (Å²) in [7, 11) is 0. The minimum Gasteiger partial charge on any atom is -0.383 e. The van der Waals surface area contributed by atoms with Crippen molar-refractivity contribution >= 4 is 27.3 Å². The number of hydrogen-bond acceptors (Lipinski definition) is 3. The van der Waals surface area contributed by atoms with Gasteiger partial charge in [-0.2, -0.15) is 0 Å². The normalized spacial score (nSPS) is 14.6. The lowest BCUT2D eigenvalue weighted by atomic mass is 9.96. The average Bonchev–Trinajstić information content (AvgIpc) is 2.64. The van der Waals surface area contributed by atoms with E-state index in [1.54, 1.807) is 18.3 Å². The third-order valence-electron chi connectivity index (χ3n) is 2.48. The second-order valence-corrected chi connectivity index (χ2v) is 5.86. The molecule has 90 valence electrons. The second-order valence-electron chi connectivity index (χ2n) is 4.00. The van der Waals surface area contributed by atoms with Gasteiger partial charge in [0.1, 0.15) is 11.4 Å². The van der Waals surface area contributed by atoms with Gasteiger partial charge in [0.05, 0.1) is 11.9 Å². The maximum Gasteiger partial charge on any atom is 0.141 e. The third-order valence-corrected chi connectivity index (χ3v) is 4.40. The second kappa shape index (κ2) is 4.84. The summed E-state index contributed by atoms with van der Waals surface area (Å²) in [5, 5.41) is 12.3. The quantitative estimate of drug-likeness (QED) is 0.940. The van der Waals surface area contributed by atoms with Crippen LogP contribution < -0.4 is 0 Å². The minimum absolute atomic E-state index is 0.401. The van der Waals surface area contributed by atoms with E-state index in [2.05, 4.69) is 20.9 Å². The van der Waals surface area contributed by atoms with Crippen LogP contribution in [0, 0.1) is 5.82 Å². The Kier molecular flexibility index (Phi) is 3.61. The maximum atomic E-state index is 12.8. The summed E-state index contributed by atoms with van der Waals surface area (Å²) in [6.45, 7) is 1.68. The van der Waals surface area contributed by atoms with E-state index in [9.17, 15) is 9.50 Å². The highest BCUT2D eigenvalue weighted by atomic mass is 79.9. The topological polar surface area (TPSA) is 33.1 Å². The molecule has 0 radical (unpaired) electrons. The molecule has 0 spiro atoms. The van der Waals surface area contributed by atoms with Crippen molar-refractivity contribution in [3.63, 3.8) is 0 Å². The molecule has 2 rings (SSSR count). The Labute approximate surface area is 111 Å². The van der Waals surface area contributed by atoms with E-state index in [-0.39, 0.29) is 0 Å². The predicted molar refractivity (Wildman–Crippen MR) is 69.5 cm³/mol. The number of hydrogen-bond donors (Lipinski definition) is 1. The molecule has 2 aromatic rings. The van der Waals surface area contributed by atoms with Crippen LogP contribution in [-0.4, -0.2) is 10.1 Å². The highest BCUT2D eigenvalue weighted by Crippen LogP contribution is 2.31. The number of pyridine rings is 1. The van der Waals surface area contributed by atoms with E-state index in [0.29, 0.717) is 12.1 Å². The molecule has 0 amide bonds. The fourth-order valence-electron chi connectivity index (χ4n) is 1.55. The Morgan fingerprint density at radius 1 is 1.47 bits per heavy atom. The van der Waals surface area contributed by atoms with Crippen molar-refractivity contribution < 1.29 is 9.50 Å². The highest BCUT2D eigenvalue weighted by Gasteiger charge is 2.26. The van der Waals surface area contributed by atoms with Gasteiger partial charge >= 0.3 is 0 Å². The molecule has 0 aromatic carbocycles. The van der Waals surface area contributed by atoms with Crippen LogP contribution in [0.5, 0.6) is 0 Å². The third kappa shape index (κ3) is 2.91. The monoisotopic (exact) mass is 315 g/mol. The predicted octanol–water partition coefficient (Wildman–Crippen LogP) is 3.49. The summed E-state index contributed by atoms with van der Waals surface area (Å²) in [6.07, 6.45) is 1.57. The lowest BCUT2D eigenvalue weighted by molar-refractivity contribution is 0.0536. The van der Waals surface area contributed by atoms with Crippen LogP contribution >= 0.6 is 27.3 Å². The summed E-state index contributed by atoms with van der Waals surface area (Å²) in [5.41, 5.74) is -0.625. The number of halogens is 2. The van der Waals surface area contributed by atoms with Gasteiger partial charge in [0.2, 0.25) is 0 Å². The van der Waals surface area contributed by atoms with Crippen LogP contribution in [-0.2, 0) is 12.0 Å². The van der Waals surface area contributed by atoms with E-state index in [4.69, 9.17) is 0 Å². The number of aromatic nitrogens is 1. The van der Waals surface area contributed by atoms with E-state index < -0.39 is 11.4 Å². The number of aliphatic hydroxyl groups is 1. The first-order chi connectivity index (χ1) is 7.99. The average molecular weight is 316 g/mol. The Hall–Kier alpha value is -0.780. The molecular weight excluding hydrogens is 305 g/mol. The lowest BCUT2D eigenvalue weighted by Gasteiger charge is -2.22. The van der Waals surface area contributed by atoms with Gasteiger partial charge in [0.15, 0.2) is 0 Å². The molecule has 2 nitrogen and oxygen atoms in total. The van der Waals surface area contributed by atoms with Crippen LogP contribution in [0.2, 0.25) is 0 Å². The zero-order valence-corrected chi connectivity index (χ0v) is 11.6. The molecule has 1 atom stereocenters. The molecule has 17 heavy (non-hydrogen) atoms. The van der Waals surface area contributed by atoms with Gasteiger partial charge in [-0.1, -0.05) is 0 Å². The highest BCUT2D eigenvalue weighted by molar-refractivity contribution is 9.10. The molecule has 0 saturated carbocycles. The van der Waals surface area contributed by atoms with Crippen molar-refractivity contribution in [2.45, 2.75) is 18.9 Å². The van der Waals surface area contributed by atoms with E-state index in [1.807, 2.05) is 11.4 Å². The Balaban J connectivity index is 2.24. The standard InChI is InChI=1S/C12H11BrFNOS/c1-12(16,6-10-9(13)4-5-17-10)11-3-2-8(14)7-15-11/h2-5,7,16H,6H2,1H3. The summed E-state index contributed by atoms with van der Waals surface area (Å²) in [5.74, 6) is -0.401. The largest absolute Gasteiger partial charge is 0.383 e. The van der Waals surface area contributed by atoms with Crippen LogP contribution in [0.3, 0.4) is 0 Å². The van der Waals surface area contributed by atoms with Crippen LogP contribution in [0.25, 0.3) is 0 Å². The van der Waals surface area contributed by atoms with Gasteiger partial charge < -0.3 is 5.11 Å². The molecule has 0 bridgehead atoms. The van der Waals surface area contributed by atoms with Crippen molar-refractivity contribution in [2.75, 3.05) is 0 Å². The van der Waals surface area contributed by atoms with Crippen LogP contribution in [0.15, 0.2) is 34.2 Å². The van der Waals surface area contributed by atoms with Gasteiger partial charge in [-0.25, -0.2) is 4.39 Å². The van der Waals surface area contributed by atoms with E-state index in [0.717, 1.165) is 15.5 Å². The van der Waals surface area contributed by atoms with Gasteiger partial charge in [-0.05, 0) is 46.4 Å². The Morgan fingerprint density at radius 2 is 2.24 bits per heavy atom. The Bertz CT molecular complexity index is 509. The number of rotatable bonds is 3. The summed E-state index contributed by atoms with van der Waals surface area (Å²) in [6, 6.07) is 4.76. The van der Waals surface area contributed by atoms with Crippen molar-refractivity contribution in [3.8, 4) is 0 Å². The molecule has 1 N–H and O–H groups in total. The lowest BCUT2D eigenvalue weighted by Crippen LogP contribution is -2.25. The summed E-state index contributed by atoms with van der Waals surface area (Å²) >= 11 is 4.99. The first kappa shape index (κ1) is 12.7. The first-order valence-corrected chi connectivity index (χ1v) is 6.72. The van der Waals surface area contributed by atoms with Gasteiger partial charge in [-0.3, -0.25) is 4.98 Å². The first-order valence-electron chi connectivity index (χ1n) is 5.05. The fraction of sp³-hybridized carbons (Fsp3) is 0.250. The Morgan fingerprint density at radius 3 is 2.76 bits per heavy atom.